The molecule has 3 aliphatic rings. The Balaban J connectivity index is 1.19. The summed E-state index contributed by atoms with van der Waals surface area (Å²) in [7, 11) is 0. The highest BCUT2D eigenvalue weighted by atomic mass is 35.5. The van der Waals surface area contributed by atoms with E-state index in [0.29, 0.717) is 22.4 Å². The molecule has 0 radical (unpaired) electrons. The zero-order valence-electron chi connectivity index (χ0n) is 23.9. The Labute approximate surface area is 260 Å². The molecule has 3 atom stereocenters. The van der Waals surface area contributed by atoms with E-state index in [1.54, 1.807) is 13.0 Å². The monoisotopic (exact) mass is 626 g/mol. The second-order valence-electron chi connectivity index (χ2n) is 12.2. The number of carbonyl (C=O) groups excluding carboxylic acids is 1. The normalized spacial score (nSPS) is 22.2. The molecule has 1 amide bonds. The summed E-state index contributed by atoms with van der Waals surface area (Å²) in [5, 5.41) is 10.8. The zero-order valence-corrected chi connectivity index (χ0v) is 25.4. The largest absolute Gasteiger partial charge is 0.493 e. The van der Waals surface area contributed by atoms with E-state index < -0.39 is 29.8 Å². The Morgan fingerprint density at radius 3 is 2.37 bits per heavy atom. The van der Waals surface area contributed by atoms with Gasteiger partial charge in [-0.05, 0) is 66.6 Å². The van der Waals surface area contributed by atoms with E-state index in [9.17, 15) is 14.7 Å². The van der Waals surface area contributed by atoms with Crippen molar-refractivity contribution in [3.8, 4) is 5.75 Å². The number of hydrogen-bond acceptors (Lipinski definition) is 5. The topological polar surface area (TPSA) is 79.3 Å². The number of carboxylic acid groups (broad SMARTS) is 1. The van der Waals surface area contributed by atoms with Gasteiger partial charge in [-0.1, -0.05) is 60.5 Å². The van der Waals surface area contributed by atoms with Gasteiger partial charge in [-0.3, -0.25) is 14.6 Å². The Morgan fingerprint density at radius 1 is 1.07 bits per heavy atom. The predicted molar refractivity (Wildman–Crippen MR) is 161 cm³/mol. The summed E-state index contributed by atoms with van der Waals surface area (Å²) in [6, 6.07) is 17.4. The van der Waals surface area contributed by atoms with Crippen LogP contribution in [-0.2, 0) is 9.53 Å². The lowest BCUT2D eigenvalue weighted by molar-refractivity contribution is -0.142. The van der Waals surface area contributed by atoms with E-state index in [4.69, 9.17) is 32.7 Å². The minimum absolute atomic E-state index is 0.0397. The van der Waals surface area contributed by atoms with Gasteiger partial charge in [0.05, 0.1) is 24.3 Å². The summed E-state index contributed by atoms with van der Waals surface area (Å²) in [6.45, 7) is 5.36. The van der Waals surface area contributed by atoms with Crippen molar-refractivity contribution in [2.75, 3.05) is 26.4 Å². The SMILES string of the molecule is CC1OCN(C(=O)c2cc(C3CC3)c(OCC3(C)CN([C@H](c4ccccc4)c4cc(Cl)cc(Cl)c4)C3)cc2F)C1C(=O)O. The second kappa shape index (κ2) is 11.7. The van der Waals surface area contributed by atoms with Crippen molar-refractivity contribution in [3.05, 3.63) is 98.8 Å². The molecule has 3 aromatic carbocycles. The molecule has 0 aromatic heterocycles. The highest BCUT2D eigenvalue weighted by Gasteiger charge is 2.45. The predicted octanol–water partition coefficient (Wildman–Crippen LogP) is 6.77. The first-order valence-corrected chi connectivity index (χ1v) is 15.2. The Kier molecular flexibility index (Phi) is 8.15. The summed E-state index contributed by atoms with van der Waals surface area (Å²) in [4.78, 5) is 28.4. The number of likely N-dealkylation sites (tertiary alicyclic amines) is 1. The zero-order chi connectivity index (χ0) is 30.5. The number of hydrogen-bond donors (Lipinski definition) is 1. The Morgan fingerprint density at radius 2 is 1.74 bits per heavy atom. The first-order chi connectivity index (χ1) is 20.5. The molecular weight excluding hydrogens is 594 g/mol. The third kappa shape index (κ3) is 6.11. The van der Waals surface area contributed by atoms with Crippen molar-refractivity contribution in [1.82, 2.24) is 9.80 Å². The van der Waals surface area contributed by atoms with Gasteiger partial charge in [-0.25, -0.2) is 9.18 Å². The van der Waals surface area contributed by atoms with E-state index in [-0.39, 0.29) is 29.7 Å². The molecule has 1 N–H and O–H groups in total. The van der Waals surface area contributed by atoms with Crippen molar-refractivity contribution in [1.29, 1.82) is 0 Å². The lowest BCUT2D eigenvalue weighted by Gasteiger charge is -2.51. The van der Waals surface area contributed by atoms with Crippen molar-refractivity contribution in [3.63, 3.8) is 0 Å². The average molecular weight is 628 g/mol. The standard InChI is InChI=1S/C33H33Cl2FN2O5/c1-19-29(32(40)41)38(18-43-19)31(39)26-13-25(20-8-9-20)28(14-27(26)36)42-17-33(2)15-37(16-33)30(21-6-4-3-5-7-21)22-10-23(34)12-24(35)11-22/h3-7,10-14,19-20,29-30H,8-9,15-18H2,1-2H3,(H,40,41)/t19?,29?,30-/m1/s1. The van der Waals surface area contributed by atoms with Gasteiger partial charge in [-0.15, -0.1) is 0 Å². The number of carboxylic acids is 1. The van der Waals surface area contributed by atoms with Crippen LogP contribution in [0.2, 0.25) is 10.0 Å². The third-order valence-electron chi connectivity index (χ3n) is 8.54. The fraction of sp³-hybridized carbons (Fsp3) is 0.394. The number of benzene rings is 3. The molecule has 0 spiro atoms. The van der Waals surface area contributed by atoms with Crippen LogP contribution in [0.15, 0.2) is 60.7 Å². The smallest absolute Gasteiger partial charge is 0.329 e. The minimum atomic E-state index is -1.18. The third-order valence-corrected chi connectivity index (χ3v) is 8.98. The number of amides is 1. The molecule has 1 aliphatic carbocycles. The fourth-order valence-electron chi connectivity index (χ4n) is 6.31. The molecule has 0 bridgehead atoms. The number of rotatable bonds is 9. The number of halogens is 3. The van der Waals surface area contributed by atoms with Crippen molar-refractivity contribution >= 4 is 35.1 Å². The molecule has 3 fully saturated rings. The molecule has 43 heavy (non-hydrogen) atoms. The molecular formula is C33H33Cl2FN2O5. The van der Waals surface area contributed by atoms with Gasteiger partial charge in [0.2, 0.25) is 0 Å². The molecule has 6 rings (SSSR count). The van der Waals surface area contributed by atoms with Gasteiger partial charge in [0, 0.05) is 34.6 Å². The van der Waals surface area contributed by atoms with Gasteiger partial charge in [0.25, 0.3) is 5.91 Å². The molecule has 7 nitrogen and oxygen atoms in total. The van der Waals surface area contributed by atoms with E-state index in [0.717, 1.165) is 47.5 Å². The quantitative estimate of drug-likeness (QED) is 0.282. The fourth-order valence-corrected chi connectivity index (χ4v) is 6.86. The molecule has 1 saturated carbocycles. The van der Waals surface area contributed by atoms with Crippen molar-refractivity contribution in [2.45, 2.75) is 50.8 Å². The van der Waals surface area contributed by atoms with Crippen LogP contribution >= 0.6 is 23.2 Å². The number of ether oxygens (including phenoxy) is 2. The highest BCUT2D eigenvalue weighted by molar-refractivity contribution is 6.34. The van der Waals surface area contributed by atoms with Crippen LogP contribution in [0.3, 0.4) is 0 Å². The van der Waals surface area contributed by atoms with Crippen LogP contribution in [0.5, 0.6) is 5.75 Å². The van der Waals surface area contributed by atoms with Gasteiger partial charge < -0.3 is 14.6 Å². The van der Waals surface area contributed by atoms with Crippen LogP contribution in [0.4, 0.5) is 4.39 Å². The minimum Gasteiger partial charge on any atom is -0.493 e. The first kappa shape index (κ1) is 29.9. The van der Waals surface area contributed by atoms with Crippen LogP contribution in [0, 0.1) is 11.2 Å². The van der Waals surface area contributed by atoms with Crippen molar-refractivity contribution < 1.29 is 28.6 Å². The van der Waals surface area contributed by atoms with E-state index >= 15 is 4.39 Å². The van der Waals surface area contributed by atoms with Gasteiger partial charge in [0.1, 0.15) is 18.3 Å². The second-order valence-corrected chi connectivity index (χ2v) is 13.1. The van der Waals surface area contributed by atoms with Gasteiger partial charge in [-0.2, -0.15) is 0 Å². The average Bonchev–Trinajstić information content (AvgIpc) is 3.71. The maximum atomic E-state index is 15.4. The summed E-state index contributed by atoms with van der Waals surface area (Å²) in [6.07, 6.45) is 1.15. The lowest BCUT2D eigenvalue weighted by Crippen LogP contribution is -2.58. The van der Waals surface area contributed by atoms with E-state index in [2.05, 4.69) is 24.0 Å². The molecule has 3 aromatic rings. The van der Waals surface area contributed by atoms with E-state index in [1.807, 2.05) is 30.3 Å². The lowest BCUT2D eigenvalue weighted by atomic mass is 9.79. The summed E-state index contributed by atoms with van der Waals surface area (Å²) >= 11 is 12.7. The van der Waals surface area contributed by atoms with Crippen LogP contribution in [0.25, 0.3) is 0 Å². The summed E-state index contributed by atoms with van der Waals surface area (Å²) in [5.41, 5.74) is 2.56. The number of carbonyl (C=O) groups is 2. The van der Waals surface area contributed by atoms with Crippen LogP contribution in [-0.4, -0.2) is 65.4 Å². The first-order valence-electron chi connectivity index (χ1n) is 14.4. The van der Waals surface area contributed by atoms with Crippen molar-refractivity contribution in [2.24, 2.45) is 5.41 Å². The number of nitrogens with zero attached hydrogens (tertiary/aromatic N) is 2. The number of aliphatic carboxylic acids is 1. The molecule has 2 unspecified atom stereocenters. The summed E-state index contributed by atoms with van der Waals surface area (Å²) in [5.74, 6) is -2.02. The molecule has 2 saturated heterocycles. The van der Waals surface area contributed by atoms with Gasteiger partial charge >= 0.3 is 5.97 Å². The van der Waals surface area contributed by atoms with Crippen LogP contribution in [0.1, 0.15) is 65.7 Å². The maximum Gasteiger partial charge on any atom is 0.329 e. The Bertz CT molecular complexity index is 1520. The van der Waals surface area contributed by atoms with Crippen LogP contribution < -0.4 is 4.74 Å². The summed E-state index contributed by atoms with van der Waals surface area (Å²) < 4.78 is 27.1. The van der Waals surface area contributed by atoms with E-state index in [1.165, 1.54) is 12.1 Å². The Hall–Kier alpha value is -3.17. The highest BCUT2D eigenvalue weighted by Crippen LogP contribution is 2.47. The molecule has 2 heterocycles. The molecule has 226 valence electrons. The molecule has 10 heteroatoms. The van der Waals surface area contributed by atoms with Gasteiger partial charge in [0.15, 0.2) is 6.04 Å². The molecule has 2 aliphatic heterocycles. The maximum absolute atomic E-state index is 15.4.